The van der Waals surface area contributed by atoms with Crippen molar-refractivity contribution in [3.8, 4) is 22.8 Å². The van der Waals surface area contributed by atoms with E-state index in [9.17, 15) is 9.59 Å². The van der Waals surface area contributed by atoms with Crippen LogP contribution in [0.4, 0.5) is 0 Å². The molecule has 0 radical (unpaired) electrons. The van der Waals surface area contributed by atoms with Crippen LogP contribution in [-0.2, 0) is 11.2 Å². The first-order chi connectivity index (χ1) is 16.6. The molecule has 1 unspecified atom stereocenters. The van der Waals surface area contributed by atoms with Gasteiger partial charge in [0.15, 0.2) is 11.5 Å². The number of carbonyl (C=O) groups is 1. The van der Waals surface area contributed by atoms with Crippen molar-refractivity contribution in [3.63, 3.8) is 0 Å². The highest BCUT2D eigenvalue weighted by Crippen LogP contribution is 2.35. The molecule has 34 heavy (non-hydrogen) atoms. The molecule has 0 bridgehead atoms. The second-order valence-electron chi connectivity index (χ2n) is 8.65. The highest BCUT2D eigenvalue weighted by Gasteiger charge is 2.27. The van der Waals surface area contributed by atoms with Crippen molar-refractivity contribution in [2.24, 2.45) is 0 Å². The second-order valence-corrected chi connectivity index (χ2v) is 8.65. The average molecular weight is 461 g/mol. The molecule has 3 aromatic rings. The minimum absolute atomic E-state index is 0.0832. The molecule has 1 amide bonds. The molecule has 2 aliphatic heterocycles. The molecule has 176 valence electrons. The van der Waals surface area contributed by atoms with Crippen LogP contribution in [0, 0.1) is 0 Å². The molecule has 0 spiro atoms. The van der Waals surface area contributed by atoms with Crippen LogP contribution in [0.25, 0.3) is 11.3 Å². The van der Waals surface area contributed by atoms with E-state index in [1.807, 2.05) is 29.2 Å². The summed E-state index contributed by atoms with van der Waals surface area (Å²) < 4.78 is 12.1. The Morgan fingerprint density at radius 1 is 0.971 bits per heavy atom. The number of fused-ring (bicyclic) bond motifs is 1. The highest BCUT2D eigenvalue weighted by atomic mass is 16.7. The zero-order chi connectivity index (χ0) is 23.5. The molecule has 1 saturated heterocycles. The Labute approximate surface area is 198 Å². The van der Waals surface area contributed by atoms with Gasteiger partial charge in [-0.15, -0.1) is 0 Å². The standard InChI is InChI=1S/C26H28N4O4/c1-19(26(32)29-15-13-28(14-16-29)12-11-20-5-3-2-4-6-20)30-25(31)10-8-22(27-30)21-7-9-23-24(17-21)34-18-33-23/h2-10,17,19H,11-16,18H2,1H3. The van der Waals surface area contributed by atoms with Crippen molar-refractivity contribution in [2.45, 2.75) is 19.4 Å². The minimum atomic E-state index is -0.683. The Kier molecular flexibility index (Phi) is 6.31. The van der Waals surface area contributed by atoms with Crippen molar-refractivity contribution in [1.82, 2.24) is 19.6 Å². The molecular formula is C26H28N4O4. The third kappa shape index (κ3) is 4.68. The summed E-state index contributed by atoms with van der Waals surface area (Å²) in [6.07, 6.45) is 0.997. The minimum Gasteiger partial charge on any atom is -0.454 e. The van der Waals surface area contributed by atoms with E-state index in [0.717, 1.165) is 31.6 Å². The lowest BCUT2D eigenvalue weighted by molar-refractivity contribution is -0.136. The number of benzene rings is 2. The summed E-state index contributed by atoms with van der Waals surface area (Å²) >= 11 is 0. The summed E-state index contributed by atoms with van der Waals surface area (Å²) in [5, 5.41) is 4.51. The van der Waals surface area contributed by atoms with Gasteiger partial charge in [0.25, 0.3) is 5.56 Å². The van der Waals surface area contributed by atoms with Gasteiger partial charge in [-0.2, -0.15) is 5.10 Å². The molecule has 1 aromatic heterocycles. The highest BCUT2D eigenvalue weighted by molar-refractivity contribution is 5.80. The third-order valence-electron chi connectivity index (χ3n) is 6.46. The predicted octanol–water partition coefficient (Wildman–Crippen LogP) is 2.59. The zero-order valence-electron chi connectivity index (χ0n) is 19.2. The fourth-order valence-corrected chi connectivity index (χ4v) is 4.41. The summed E-state index contributed by atoms with van der Waals surface area (Å²) in [5.74, 6) is 1.25. The monoisotopic (exact) mass is 460 g/mol. The lowest BCUT2D eigenvalue weighted by Crippen LogP contribution is -2.51. The maximum absolute atomic E-state index is 13.2. The molecule has 0 N–H and O–H groups in total. The SMILES string of the molecule is CC(C(=O)N1CCN(CCc2ccccc2)CC1)n1nc(-c2ccc3c(c2)OCO3)ccc1=O. The van der Waals surface area contributed by atoms with Gasteiger partial charge in [-0.1, -0.05) is 30.3 Å². The predicted molar refractivity (Wildman–Crippen MR) is 128 cm³/mol. The van der Waals surface area contributed by atoms with Gasteiger partial charge in [0, 0.05) is 44.4 Å². The molecule has 5 rings (SSSR count). The van der Waals surface area contributed by atoms with E-state index >= 15 is 0 Å². The summed E-state index contributed by atoms with van der Waals surface area (Å²) in [6, 6.07) is 18.4. The molecular weight excluding hydrogens is 432 g/mol. The van der Waals surface area contributed by atoms with Gasteiger partial charge in [-0.05, 0) is 43.2 Å². The Hall–Kier alpha value is -3.65. The normalized spacial score (nSPS) is 16.4. The van der Waals surface area contributed by atoms with E-state index in [-0.39, 0.29) is 18.3 Å². The smallest absolute Gasteiger partial charge is 0.267 e. The Bertz CT molecular complexity index is 1220. The number of aromatic nitrogens is 2. The maximum Gasteiger partial charge on any atom is 0.267 e. The fraction of sp³-hybridized carbons (Fsp3) is 0.346. The van der Waals surface area contributed by atoms with Gasteiger partial charge in [0.2, 0.25) is 12.7 Å². The number of carbonyl (C=O) groups excluding carboxylic acids is 1. The molecule has 2 aliphatic rings. The van der Waals surface area contributed by atoms with Crippen LogP contribution in [0.1, 0.15) is 18.5 Å². The van der Waals surface area contributed by atoms with E-state index in [4.69, 9.17) is 9.47 Å². The van der Waals surface area contributed by atoms with Crippen LogP contribution in [-0.4, -0.2) is 65.0 Å². The third-order valence-corrected chi connectivity index (χ3v) is 6.46. The number of nitrogens with zero attached hydrogens (tertiary/aromatic N) is 4. The van der Waals surface area contributed by atoms with Crippen LogP contribution in [0.15, 0.2) is 65.5 Å². The van der Waals surface area contributed by atoms with Crippen LogP contribution < -0.4 is 15.0 Å². The molecule has 2 aromatic carbocycles. The van der Waals surface area contributed by atoms with Gasteiger partial charge in [-0.3, -0.25) is 14.5 Å². The van der Waals surface area contributed by atoms with Gasteiger partial charge in [0.1, 0.15) is 6.04 Å². The Balaban J connectivity index is 1.23. The first-order valence-electron chi connectivity index (χ1n) is 11.6. The van der Waals surface area contributed by atoms with Gasteiger partial charge >= 0.3 is 0 Å². The summed E-state index contributed by atoms with van der Waals surface area (Å²) in [5.41, 5.74) is 2.42. The van der Waals surface area contributed by atoms with Crippen molar-refractivity contribution in [1.29, 1.82) is 0 Å². The number of piperazine rings is 1. The van der Waals surface area contributed by atoms with E-state index in [1.54, 1.807) is 13.0 Å². The number of amides is 1. The van der Waals surface area contributed by atoms with E-state index in [0.29, 0.717) is 30.3 Å². The molecule has 0 saturated carbocycles. The molecule has 1 atom stereocenters. The first-order valence-corrected chi connectivity index (χ1v) is 11.6. The van der Waals surface area contributed by atoms with Crippen LogP contribution >= 0.6 is 0 Å². The molecule has 8 heteroatoms. The van der Waals surface area contributed by atoms with E-state index in [1.165, 1.54) is 16.3 Å². The Morgan fingerprint density at radius 3 is 2.53 bits per heavy atom. The van der Waals surface area contributed by atoms with Crippen LogP contribution in [0.5, 0.6) is 11.5 Å². The number of rotatable bonds is 6. The summed E-state index contributed by atoms with van der Waals surface area (Å²) in [7, 11) is 0. The molecule has 3 heterocycles. The largest absolute Gasteiger partial charge is 0.454 e. The van der Waals surface area contributed by atoms with Crippen LogP contribution in [0.2, 0.25) is 0 Å². The van der Waals surface area contributed by atoms with Gasteiger partial charge < -0.3 is 14.4 Å². The molecule has 1 fully saturated rings. The van der Waals surface area contributed by atoms with Crippen molar-refractivity contribution in [3.05, 3.63) is 76.6 Å². The van der Waals surface area contributed by atoms with E-state index < -0.39 is 6.04 Å². The summed E-state index contributed by atoms with van der Waals surface area (Å²) in [6.45, 7) is 5.84. The number of hydrogen-bond acceptors (Lipinski definition) is 6. The van der Waals surface area contributed by atoms with Crippen molar-refractivity contribution < 1.29 is 14.3 Å². The zero-order valence-corrected chi connectivity index (χ0v) is 19.2. The average Bonchev–Trinajstić information content (AvgIpc) is 3.36. The molecule has 0 aliphatic carbocycles. The maximum atomic E-state index is 13.2. The Morgan fingerprint density at radius 2 is 1.74 bits per heavy atom. The first kappa shape index (κ1) is 22.2. The van der Waals surface area contributed by atoms with Crippen molar-refractivity contribution in [2.75, 3.05) is 39.5 Å². The molecule has 8 nitrogen and oxygen atoms in total. The topological polar surface area (TPSA) is 76.9 Å². The lowest BCUT2D eigenvalue weighted by Gasteiger charge is -2.36. The van der Waals surface area contributed by atoms with Gasteiger partial charge in [-0.25, -0.2) is 4.68 Å². The fourth-order valence-electron chi connectivity index (χ4n) is 4.41. The summed E-state index contributed by atoms with van der Waals surface area (Å²) in [4.78, 5) is 30.0. The van der Waals surface area contributed by atoms with Crippen LogP contribution in [0.3, 0.4) is 0 Å². The van der Waals surface area contributed by atoms with Crippen molar-refractivity contribution >= 4 is 5.91 Å². The van der Waals surface area contributed by atoms with E-state index in [2.05, 4.69) is 34.3 Å². The number of ether oxygens (including phenoxy) is 2. The second kappa shape index (κ2) is 9.69. The number of hydrogen-bond donors (Lipinski definition) is 0. The van der Waals surface area contributed by atoms with Gasteiger partial charge in [0.05, 0.1) is 5.69 Å². The quantitative estimate of drug-likeness (QED) is 0.563. The lowest BCUT2D eigenvalue weighted by atomic mass is 10.1.